The van der Waals surface area contributed by atoms with E-state index >= 15 is 38.4 Å². The quantitative estimate of drug-likeness (QED) is 0.0233. The summed E-state index contributed by atoms with van der Waals surface area (Å²) < 4.78 is 1.40. The van der Waals surface area contributed by atoms with E-state index in [0.717, 1.165) is 68.4 Å². The topological polar surface area (TPSA) is 655 Å². The van der Waals surface area contributed by atoms with Crippen LogP contribution in [0.5, 0.6) is 5.75 Å². The van der Waals surface area contributed by atoms with Crippen LogP contribution in [0.15, 0.2) is 85.2 Å². The van der Waals surface area contributed by atoms with Crippen LogP contribution in [0.2, 0.25) is 0 Å². The van der Waals surface area contributed by atoms with Crippen molar-refractivity contribution >= 4 is 146 Å². The predicted molar refractivity (Wildman–Crippen MR) is 525 cm³/mol. The highest BCUT2D eigenvalue weighted by atomic mass is 32.2. The lowest BCUT2D eigenvalue weighted by atomic mass is 9.99. The van der Waals surface area contributed by atoms with Gasteiger partial charge >= 0.3 is 11.9 Å². The maximum absolute atomic E-state index is 15.9. The zero-order valence-electron chi connectivity index (χ0n) is 82.3. The number of para-hydroxylation sites is 2. The van der Waals surface area contributed by atoms with Crippen LogP contribution in [0.1, 0.15) is 193 Å². The molecule has 0 aliphatic carbocycles. The zero-order valence-corrected chi connectivity index (χ0v) is 83.2. The van der Waals surface area contributed by atoms with Gasteiger partial charge in [0.1, 0.15) is 96.9 Å². The molecule has 3 aliphatic rings. The number of benzene rings is 3. The summed E-state index contributed by atoms with van der Waals surface area (Å²) in [5.74, 6) is -20.2. The summed E-state index contributed by atoms with van der Waals surface area (Å²) in [6.07, 6.45) is 5.27. The molecule has 3 fully saturated rings. The molecule has 17 amide bonds. The van der Waals surface area contributed by atoms with Gasteiger partial charge < -0.3 is 129 Å². The van der Waals surface area contributed by atoms with Crippen molar-refractivity contribution in [2.75, 3.05) is 65.5 Å². The van der Waals surface area contributed by atoms with Crippen molar-refractivity contribution in [2.24, 2.45) is 17.4 Å². The fourth-order valence-corrected chi connectivity index (χ4v) is 18.7. The van der Waals surface area contributed by atoms with Gasteiger partial charge in [0.05, 0.1) is 31.5 Å². The van der Waals surface area contributed by atoms with Crippen molar-refractivity contribution in [1.82, 2.24) is 87.2 Å². The van der Waals surface area contributed by atoms with Crippen molar-refractivity contribution in [1.29, 1.82) is 0 Å². The lowest BCUT2D eigenvalue weighted by molar-refractivity contribution is -0.149. The number of likely N-dealkylation sites (N-methyl/N-ethyl adjacent to an activating group) is 3. The number of rotatable bonds is 35. The van der Waals surface area contributed by atoms with Gasteiger partial charge in [-0.25, -0.2) is 0 Å². The fraction of sp³-hybridized carbons (Fsp3) is 0.582. The SMILES string of the molecule is CCCC[C@H]1C(=O)N(C)[C@@H](CCCC)C(=O)N[C@@H](CC(C)C)C(=O)N[C@H](C(=O)NCCCCCCCCCCC(=O)O)CSCC(=O)N[C@@H](Cc2ccc(O)cc2)C(=O)N(C)[C@@H](C)C(=O)N[C@@H](CC(N)=O)C(=O)N2CCC[C@H]2C(=O)N[C@@H](CO)C(=O)N[C@@H](CCC(N)=O)C(=O)N2C[C@H](O)C[C@H]2C(=O)N[C@@H](Cc2c[nH]c3ccccc23)C(=O)N[C@@H](CO)C(=O)N[C@@H](Cc2cn(CC(=O)O)c3ccccc23)C(=O)N1C. The minimum atomic E-state index is -2.00. The second kappa shape index (κ2) is 56.5. The van der Waals surface area contributed by atoms with Crippen LogP contribution in [0.25, 0.3) is 21.8 Å². The number of amides is 17. The number of thioether (sulfide) groups is 1. The standard InChI is InChI=1S/C98H141N19O25S/c1-9-11-29-76-91(135)105-67(42-56(3)4)87(131)111-74(86(130)101-40-24-18-16-14-13-15-17-19-33-83(125)126)54-143-55-82(124)103-69(43-58-34-36-61(120)37-35-58)94(138)112(6)57(5)85(129)107-71(47-81(100)123)97(141)116-41-25-32-77(116)92(136)110-73(53-119)89(133)104-66(38-39-80(99)122)96(140)117-50-62(121)46-79(117)93(137)106-68(44-59-48-102-65-28-22-20-26-63(59)65)88(132)109-72(52-118)90(134)108-70(95(139)114(8)78(30-12-10-2)98(142)113(76)7)45-60-49-115(51-84(127)128)75-31-23-21-27-64(60)75/h20-23,26-28,31,34-37,48-49,56-57,62,66-74,76-79,102,118-121H,9-19,24-25,29-30,32-33,38-47,50-55H2,1-8H3,(H2,99,122)(H2,100,123)(H,101,130)(H,103,124)(H,104,133)(H,105,135)(H,106,137)(H,107,129)(H,108,134)(H,109,132)(H,110,136)(H,111,131)(H,125,126)(H,127,128)/t57-,62+,66-,67-,68-,69-,70-,71-,72-,73-,74-,76-,77-,78-,79-/m0/s1. The molecule has 3 aromatic carbocycles. The summed E-state index contributed by atoms with van der Waals surface area (Å²) in [4.78, 5) is 282. The van der Waals surface area contributed by atoms with Crippen LogP contribution < -0.4 is 64.6 Å². The van der Waals surface area contributed by atoms with Gasteiger partial charge in [-0.1, -0.05) is 140 Å². The second-order valence-electron chi connectivity index (χ2n) is 37.3. The minimum absolute atomic E-state index is 0.000223. The number of aliphatic carboxylic acids is 2. The van der Waals surface area contributed by atoms with Gasteiger partial charge in [-0.15, -0.1) is 11.8 Å². The Morgan fingerprint density at radius 1 is 0.510 bits per heavy atom. The van der Waals surface area contributed by atoms with Gasteiger partial charge in [0.25, 0.3) is 0 Å². The van der Waals surface area contributed by atoms with Crippen LogP contribution in [0.4, 0.5) is 0 Å². The van der Waals surface area contributed by atoms with Crippen LogP contribution in [-0.4, -0.2) is 333 Å². The van der Waals surface area contributed by atoms with Gasteiger partial charge in [-0.05, 0) is 105 Å². The number of hydrogen-bond acceptors (Lipinski definition) is 24. The number of carbonyl (C=O) groups excluding carboxylic acids is 17. The van der Waals surface area contributed by atoms with Gasteiger partial charge in [0, 0.05) is 119 Å². The van der Waals surface area contributed by atoms with Crippen LogP contribution in [0.3, 0.4) is 0 Å². The fourth-order valence-electron chi connectivity index (χ4n) is 17.9. The van der Waals surface area contributed by atoms with E-state index in [2.05, 4.69) is 58.2 Å². The van der Waals surface area contributed by atoms with Crippen molar-refractivity contribution in [2.45, 2.75) is 292 Å². The Morgan fingerprint density at radius 3 is 1.68 bits per heavy atom. The smallest absolute Gasteiger partial charge is 0.323 e. The number of nitrogens with zero attached hydrogens (tertiary/aromatic N) is 6. The normalized spacial score (nSPS) is 24.1. The van der Waals surface area contributed by atoms with E-state index < -0.39 is 274 Å². The van der Waals surface area contributed by atoms with E-state index in [1.165, 1.54) is 69.3 Å². The predicted octanol–water partition coefficient (Wildman–Crippen LogP) is -0.232. The number of carbonyl (C=O) groups is 19. The number of aromatic nitrogens is 2. The summed E-state index contributed by atoms with van der Waals surface area (Å²) in [5.41, 5.74) is 13.4. The van der Waals surface area contributed by atoms with Crippen molar-refractivity contribution in [3.8, 4) is 5.75 Å². The van der Waals surface area contributed by atoms with Crippen LogP contribution >= 0.6 is 11.8 Å². The molecule has 0 radical (unpaired) electrons. The molecule has 143 heavy (non-hydrogen) atoms. The molecule has 0 bridgehead atoms. The molecule has 15 atom stereocenters. The molecule has 3 saturated heterocycles. The molecule has 5 aromatic rings. The third-order valence-corrected chi connectivity index (χ3v) is 26.9. The third kappa shape index (κ3) is 33.9. The third-order valence-electron chi connectivity index (χ3n) is 25.9. The number of aromatic amines is 1. The molecule has 45 heteroatoms. The van der Waals surface area contributed by atoms with E-state index in [1.807, 2.05) is 13.8 Å². The number of aliphatic hydroxyl groups is 3. The lowest BCUT2D eigenvalue weighted by Gasteiger charge is -2.36. The Hall–Kier alpha value is -13.3. The summed E-state index contributed by atoms with van der Waals surface area (Å²) in [7, 11) is 3.87. The molecule has 0 spiro atoms. The highest BCUT2D eigenvalue weighted by molar-refractivity contribution is 8.00. The number of H-pyrrole nitrogens is 1. The Kier molecular flexibility index (Phi) is 45.4. The molecule has 784 valence electrons. The maximum Gasteiger partial charge on any atom is 0.323 e. The van der Waals surface area contributed by atoms with Gasteiger partial charge in [0.2, 0.25) is 100 Å². The van der Waals surface area contributed by atoms with Gasteiger partial charge in [-0.2, -0.15) is 0 Å². The molecular formula is C98H141N19O25S. The Morgan fingerprint density at radius 2 is 1.05 bits per heavy atom. The van der Waals surface area contributed by atoms with E-state index in [-0.39, 0.29) is 75.5 Å². The Labute approximate surface area is 833 Å². The average Bonchev–Trinajstić information content (AvgIpc) is 1.66. The Balaban J connectivity index is 1.20. The van der Waals surface area contributed by atoms with Gasteiger partial charge in [-0.3, -0.25) is 91.1 Å². The summed E-state index contributed by atoms with van der Waals surface area (Å²) in [5, 5.41) is 90.3. The number of hydrogen-bond donors (Lipinski definition) is 19. The molecule has 21 N–H and O–H groups in total. The van der Waals surface area contributed by atoms with E-state index in [0.29, 0.717) is 83.4 Å². The minimum Gasteiger partial charge on any atom is -0.508 e. The van der Waals surface area contributed by atoms with E-state index in [9.17, 15) is 78.3 Å². The molecule has 5 heterocycles. The monoisotopic (exact) mass is 2020 g/mol. The number of nitrogens with one attached hydrogen (secondary N) is 11. The number of primary amides is 2. The van der Waals surface area contributed by atoms with Gasteiger partial charge in [0.15, 0.2) is 0 Å². The molecule has 0 unspecified atom stereocenters. The van der Waals surface area contributed by atoms with Crippen LogP contribution in [0, 0.1) is 5.92 Å². The van der Waals surface area contributed by atoms with Crippen molar-refractivity contribution in [3.63, 3.8) is 0 Å². The van der Waals surface area contributed by atoms with Crippen molar-refractivity contribution < 1.29 is 122 Å². The highest BCUT2D eigenvalue weighted by Gasteiger charge is 2.47. The Bertz CT molecular complexity index is 5290. The molecule has 8 rings (SSSR count). The lowest BCUT2D eigenvalue weighted by Crippen LogP contribution is -2.62. The molecule has 44 nitrogen and oxygen atoms in total. The van der Waals surface area contributed by atoms with E-state index in [4.69, 9.17) is 16.6 Å². The zero-order chi connectivity index (χ0) is 105. The summed E-state index contributed by atoms with van der Waals surface area (Å²) in [6, 6.07) is -3.98. The van der Waals surface area contributed by atoms with Crippen molar-refractivity contribution in [3.05, 3.63) is 102 Å². The first-order valence-electron chi connectivity index (χ1n) is 48.9. The maximum atomic E-state index is 15.9. The molecule has 3 aliphatic heterocycles. The highest BCUT2D eigenvalue weighted by Crippen LogP contribution is 2.29. The van der Waals surface area contributed by atoms with Crippen LogP contribution in [-0.2, 0) is 117 Å². The molecule has 2 aromatic heterocycles. The summed E-state index contributed by atoms with van der Waals surface area (Å²) >= 11 is 0.870. The molecule has 0 saturated carbocycles. The second-order valence-corrected chi connectivity index (χ2v) is 38.3. The number of phenolic OH excluding ortho intramolecular Hbond substituents is 1. The molecular weight excluding hydrogens is 1880 g/mol. The van der Waals surface area contributed by atoms with E-state index in [1.54, 1.807) is 62.4 Å². The number of aliphatic hydroxyl groups excluding tert-OH is 3. The number of nitrogens with two attached hydrogens (primary N) is 2. The first kappa shape index (κ1) is 115. The number of aromatic hydroxyl groups is 1. The number of carboxylic acids is 2. The number of unbranched alkanes of at least 4 members (excludes halogenated alkanes) is 9. The average molecular weight is 2020 g/mol. The number of phenols is 1. The largest absolute Gasteiger partial charge is 0.508 e. The number of fused-ring (bicyclic) bond motifs is 4. The number of carboxylic acid groups (broad SMARTS) is 2. The summed E-state index contributed by atoms with van der Waals surface area (Å²) in [6.45, 7) is 4.90. The first-order chi connectivity index (χ1) is 68.1. The first-order valence-corrected chi connectivity index (χ1v) is 50.0.